The van der Waals surface area contributed by atoms with Crippen molar-refractivity contribution in [3.63, 3.8) is 0 Å². The number of aryl methyl sites for hydroxylation is 3. The second-order valence-electron chi connectivity index (χ2n) is 7.92. The molecular formula is C26H28FN3O2. The van der Waals surface area contributed by atoms with E-state index in [1.807, 2.05) is 32.9 Å². The lowest BCUT2D eigenvalue weighted by atomic mass is 10.0. The van der Waals surface area contributed by atoms with Crippen LogP contribution in [-0.2, 0) is 11.2 Å². The van der Waals surface area contributed by atoms with E-state index in [2.05, 4.69) is 9.97 Å². The predicted octanol–water partition coefficient (Wildman–Crippen LogP) is 5.48. The van der Waals surface area contributed by atoms with E-state index in [1.165, 1.54) is 17.2 Å². The normalized spacial score (nSPS) is 10.8. The van der Waals surface area contributed by atoms with Gasteiger partial charge in [-0.2, -0.15) is 0 Å². The fraction of sp³-hybridized carbons (Fsp3) is 0.308. The van der Waals surface area contributed by atoms with Gasteiger partial charge in [-0.3, -0.25) is 19.6 Å². The number of ketones is 1. The minimum Gasteiger partial charge on any atom is -0.313 e. The van der Waals surface area contributed by atoms with Crippen molar-refractivity contribution < 1.29 is 14.0 Å². The third kappa shape index (κ3) is 5.44. The molecule has 0 fully saturated rings. The topological polar surface area (TPSA) is 63.2 Å². The van der Waals surface area contributed by atoms with E-state index in [-0.39, 0.29) is 17.4 Å². The van der Waals surface area contributed by atoms with Crippen LogP contribution in [0.1, 0.15) is 53.5 Å². The molecule has 0 aliphatic carbocycles. The quantitative estimate of drug-likeness (QED) is 0.442. The van der Waals surface area contributed by atoms with Crippen LogP contribution in [0.25, 0.3) is 11.3 Å². The molecule has 0 aliphatic rings. The van der Waals surface area contributed by atoms with E-state index >= 15 is 0 Å². The monoisotopic (exact) mass is 433 g/mol. The molecule has 6 heteroatoms. The highest BCUT2D eigenvalue weighted by Gasteiger charge is 2.15. The molecule has 32 heavy (non-hydrogen) atoms. The number of anilines is 1. The number of carbonyl (C=O) groups excluding carboxylic acids is 2. The molecule has 0 aliphatic heterocycles. The Hall–Kier alpha value is -3.41. The highest BCUT2D eigenvalue weighted by molar-refractivity contribution is 5.96. The molecule has 0 N–H and O–H groups in total. The molecule has 5 nitrogen and oxygen atoms in total. The maximum absolute atomic E-state index is 14.6. The van der Waals surface area contributed by atoms with Gasteiger partial charge in [-0.1, -0.05) is 19.1 Å². The summed E-state index contributed by atoms with van der Waals surface area (Å²) in [7, 11) is 1.57. The van der Waals surface area contributed by atoms with Gasteiger partial charge in [0.1, 0.15) is 5.82 Å². The maximum atomic E-state index is 14.6. The summed E-state index contributed by atoms with van der Waals surface area (Å²) in [4.78, 5) is 34.7. The third-order valence-electron chi connectivity index (χ3n) is 5.48. The number of amides is 1. The molecule has 2 aromatic heterocycles. The fourth-order valence-corrected chi connectivity index (χ4v) is 3.56. The summed E-state index contributed by atoms with van der Waals surface area (Å²) in [5.74, 6) is -0.614. The van der Waals surface area contributed by atoms with Crippen molar-refractivity contribution in [1.82, 2.24) is 9.97 Å². The van der Waals surface area contributed by atoms with Crippen LogP contribution in [0, 0.1) is 19.7 Å². The standard InChI is InChI=1S/C26H28FN3O2/c1-5-6-26(32)30(4)24-13-10-20(15-22(24)27)23-12-9-21(16-28-23)25(31)14-11-19-8-7-17(2)29-18(19)3/h7-10,12-13,15-16H,5-6,11,14H2,1-4H3. The van der Waals surface area contributed by atoms with Gasteiger partial charge in [0, 0.05) is 48.6 Å². The van der Waals surface area contributed by atoms with Crippen LogP contribution in [-0.4, -0.2) is 28.7 Å². The Morgan fingerprint density at radius 2 is 1.81 bits per heavy atom. The first-order valence-corrected chi connectivity index (χ1v) is 10.8. The van der Waals surface area contributed by atoms with Crippen LogP contribution < -0.4 is 4.90 Å². The number of hydrogen-bond acceptors (Lipinski definition) is 4. The van der Waals surface area contributed by atoms with Crippen molar-refractivity contribution in [1.29, 1.82) is 0 Å². The molecule has 0 radical (unpaired) electrons. The zero-order chi connectivity index (χ0) is 23.3. The largest absolute Gasteiger partial charge is 0.313 e. The Labute approximate surface area is 188 Å². The fourth-order valence-electron chi connectivity index (χ4n) is 3.56. The molecule has 1 amide bonds. The highest BCUT2D eigenvalue weighted by atomic mass is 19.1. The van der Waals surface area contributed by atoms with Gasteiger partial charge in [-0.25, -0.2) is 4.39 Å². The molecular weight excluding hydrogens is 405 g/mol. The van der Waals surface area contributed by atoms with E-state index in [1.54, 1.807) is 31.3 Å². The van der Waals surface area contributed by atoms with Gasteiger partial charge in [0.15, 0.2) is 5.78 Å². The summed E-state index contributed by atoms with van der Waals surface area (Å²) in [5.41, 5.74) is 4.87. The average molecular weight is 434 g/mol. The van der Waals surface area contributed by atoms with Gasteiger partial charge in [-0.15, -0.1) is 0 Å². The molecule has 0 bridgehead atoms. The molecule has 3 rings (SSSR count). The van der Waals surface area contributed by atoms with Crippen LogP contribution in [0.5, 0.6) is 0 Å². The number of benzene rings is 1. The lowest BCUT2D eigenvalue weighted by molar-refractivity contribution is -0.118. The Balaban J connectivity index is 1.69. The minimum atomic E-state index is -0.488. The van der Waals surface area contributed by atoms with Gasteiger partial charge >= 0.3 is 0 Å². The molecule has 1 aromatic carbocycles. The lowest BCUT2D eigenvalue weighted by Crippen LogP contribution is -2.26. The first-order chi connectivity index (χ1) is 15.3. The predicted molar refractivity (Wildman–Crippen MR) is 124 cm³/mol. The van der Waals surface area contributed by atoms with Crippen molar-refractivity contribution >= 4 is 17.4 Å². The van der Waals surface area contributed by atoms with Crippen LogP contribution in [0.3, 0.4) is 0 Å². The molecule has 166 valence electrons. The third-order valence-corrected chi connectivity index (χ3v) is 5.48. The first-order valence-electron chi connectivity index (χ1n) is 10.8. The zero-order valence-electron chi connectivity index (χ0n) is 19.0. The molecule has 0 unspecified atom stereocenters. The summed E-state index contributed by atoms with van der Waals surface area (Å²) in [6.07, 6.45) is 3.60. The number of rotatable bonds is 8. The average Bonchev–Trinajstić information content (AvgIpc) is 2.78. The molecule has 0 spiro atoms. The molecule has 2 heterocycles. The summed E-state index contributed by atoms with van der Waals surface area (Å²) < 4.78 is 14.6. The Morgan fingerprint density at radius 3 is 2.44 bits per heavy atom. The highest BCUT2D eigenvalue weighted by Crippen LogP contribution is 2.26. The number of nitrogens with zero attached hydrogens (tertiary/aromatic N) is 3. The molecule has 0 atom stereocenters. The number of pyridine rings is 2. The van der Waals surface area contributed by atoms with E-state index < -0.39 is 5.82 Å². The maximum Gasteiger partial charge on any atom is 0.226 e. The van der Waals surface area contributed by atoms with E-state index in [0.717, 1.165) is 17.0 Å². The van der Waals surface area contributed by atoms with Crippen LogP contribution in [0.15, 0.2) is 48.7 Å². The smallest absolute Gasteiger partial charge is 0.226 e. The molecule has 3 aromatic rings. The first kappa shape index (κ1) is 23.3. The van der Waals surface area contributed by atoms with Crippen molar-refractivity contribution in [2.75, 3.05) is 11.9 Å². The lowest BCUT2D eigenvalue weighted by Gasteiger charge is -2.18. The van der Waals surface area contributed by atoms with Crippen LogP contribution in [0.2, 0.25) is 0 Å². The summed E-state index contributed by atoms with van der Waals surface area (Å²) in [6, 6.07) is 12.1. The van der Waals surface area contributed by atoms with Crippen LogP contribution >= 0.6 is 0 Å². The van der Waals surface area contributed by atoms with Crippen LogP contribution in [0.4, 0.5) is 10.1 Å². The van der Waals surface area contributed by atoms with Gasteiger partial charge in [0.25, 0.3) is 0 Å². The zero-order valence-corrected chi connectivity index (χ0v) is 19.0. The molecule has 0 saturated heterocycles. The second kappa shape index (κ2) is 10.3. The van der Waals surface area contributed by atoms with Crippen molar-refractivity contribution in [3.8, 4) is 11.3 Å². The van der Waals surface area contributed by atoms with Gasteiger partial charge in [0.2, 0.25) is 5.91 Å². The van der Waals surface area contributed by atoms with Crippen molar-refractivity contribution in [2.24, 2.45) is 0 Å². The number of halogens is 1. The number of carbonyl (C=O) groups is 2. The number of hydrogen-bond donors (Lipinski definition) is 0. The Kier molecular flexibility index (Phi) is 7.46. The van der Waals surface area contributed by atoms with E-state index in [0.29, 0.717) is 42.5 Å². The molecule has 0 saturated carbocycles. The summed E-state index contributed by atoms with van der Waals surface area (Å²) >= 11 is 0. The Bertz CT molecular complexity index is 1130. The Morgan fingerprint density at radius 1 is 1.03 bits per heavy atom. The van der Waals surface area contributed by atoms with E-state index in [4.69, 9.17) is 0 Å². The van der Waals surface area contributed by atoms with Crippen molar-refractivity contribution in [3.05, 3.63) is 77.0 Å². The van der Waals surface area contributed by atoms with E-state index in [9.17, 15) is 14.0 Å². The summed E-state index contributed by atoms with van der Waals surface area (Å²) in [6.45, 7) is 5.80. The number of aromatic nitrogens is 2. The number of Topliss-reactive ketones (excluding diaryl/α,β-unsaturated/α-hetero) is 1. The summed E-state index contributed by atoms with van der Waals surface area (Å²) in [5, 5.41) is 0. The minimum absolute atomic E-state index is 0.00150. The second-order valence-corrected chi connectivity index (χ2v) is 7.92. The van der Waals surface area contributed by atoms with Crippen molar-refractivity contribution in [2.45, 2.75) is 46.5 Å². The van der Waals surface area contributed by atoms with Gasteiger partial charge in [0.05, 0.1) is 11.4 Å². The van der Waals surface area contributed by atoms with Gasteiger partial charge in [-0.05, 0) is 62.6 Å². The SMILES string of the molecule is CCCC(=O)N(C)c1ccc(-c2ccc(C(=O)CCc3ccc(C)nc3C)cn2)cc1F. The van der Waals surface area contributed by atoms with Gasteiger partial charge < -0.3 is 4.90 Å².